The molecular weight excluding hydrogens is 604 g/mol. The number of methoxy groups -OCH3 is 1. The minimum absolute atomic E-state index is 0.0155. The molecule has 0 aliphatic heterocycles. The summed E-state index contributed by atoms with van der Waals surface area (Å²) in [4.78, 5) is 10.7. The van der Waals surface area contributed by atoms with Gasteiger partial charge in [0.05, 0.1) is 34.4 Å². The van der Waals surface area contributed by atoms with Gasteiger partial charge in [0.2, 0.25) is 5.88 Å². The highest BCUT2D eigenvalue weighted by Gasteiger charge is 2.44. The molecule has 0 bridgehead atoms. The zero-order valence-electron chi connectivity index (χ0n) is 26.0. The molecule has 0 amide bonds. The Kier molecular flexibility index (Phi) is 11.2. The number of nitrogens with two attached hydrogens (primary N) is 1. The van der Waals surface area contributed by atoms with E-state index in [4.69, 9.17) is 26.8 Å². The van der Waals surface area contributed by atoms with Crippen molar-refractivity contribution in [2.45, 2.75) is 65.2 Å². The molecule has 7 nitrogen and oxygen atoms in total. The number of rotatable bonds is 7. The summed E-state index contributed by atoms with van der Waals surface area (Å²) in [6, 6.07) is 6.05. The Bertz CT molecular complexity index is 1650. The van der Waals surface area contributed by atoms with E-state index >= 15 is 4.39 Å². The maximum Gasteiger partial charge on any atom is 0.320 e. The molecule has 236 valence electrons. The number of aromatic nitrogens is 2. The third-order valence-corrected chi connectivity index (χ3v) is 9.16. The molecule has 2 fully saturated rings. The lowest BCUT2D eigenvalue weighted by molar-refractivity contribution is 0.182. The molecule has 0 atom stereocenters. The van der Waals surface area contributed by atoms with E-state index in [1.54, 1.807) is 0 Å². The molecule has 2 N–H and O–H groups in total. The van der Waals surface area contributed by atoms with Crippen molar-refractivity contribution in [3.63, 3.8) is 0 Å². The standard InChI is InChI=1S/C25H22ClF2N5O2S.C6H12.C2H6/c1-33(2)10-25(6-7-25)11-35-24-31-20-13(23(32-24)34-3)8-15(26)18(19(20)28)12-4-5-16(27)21-17(12)14(9-29)22(30)36-21;1-2-4-6-5-3-1;1-2/h4-5,8H,6-7,10-11,30H2,1-3H3;1-6H2;1-2H3. The monoisotopic (exact) mass is 643 g/mol. The SMILES string of the molecule is C1CCCCC1.CC.COc1nc(OCC2(CN(C)C)CC2)nc2c(F)c(-c3ccc(F)c4sc(N)c(C#N)c34)c(Cl)cc12. The van der Waals surface area contributed by atoms with E-state index < -0.39 is 11.6 Å². The normalized spacial score (nSPS) is 15.2. The van der Waals surface area contributed by atoms with Crippen molar-refractivity contribution in [2.24, 2.45) is 5.41 Å². The van der Waals surface area contributed by atoms with Gasteiger partial charge in [-0.2, -0.15) is 15.2 Å². The van der Waals surface area contributed by atoms with Gasteiger partial charge in [-0.15, -0.1) is 11.3 Å². The first-order valence-electron chi connectivity index (χ1n) is 15.1. The summed E-state index contributed by atoms with van der Waals surface area (Å²) in [6.45, 7) is 5.25. The third kappa shape index (κ3) is 7.17. The molecule has 0 saturated heterocycles. The summed E-state index contributed by atoms with van der Waals surface area (Å²) in [5.74, 6) is -1.21. The fourth-order valence-corrected chi connectivity index (χ4v) is 6.84. The van der Waals surface area contributed by atoms with Crippen molar-refractivity contribution in [3.05, 3.63) is 40.4 Å². The first-order chi connectivity index (χ1) is 21.2. The Balaban J connectivity index is 0.000000487. The highest BCUT2D eigenvalue weighted by molar-refractivity contribution is 7.23. The largest absolute Gasteiger partial charge is 0.480 e. The summed E-state index contributed by atoms with van der Waals surface area (Å²) in [7, 11) is 5.42. The van der Waals surface area contributed by atoms with Crippen LogP contribution >= 0.6 is 22.9 Å². The van der Waals surface area contributed by atoms with E-state index in [0.29, 0.717) is 6.61 Å². The fourth-order valence-electron chi connectivity index (χ4n) is 5.60. The predicted octanol–water partition coefficient (Wildman–Crippen LogP) is 8.99. The van der Waals surface area contributed by atoms with E-state index in [1.807, 2.05) is 34.0 Å². The van der Waals surface area contributed by atoms with Crippen LogP contribution in [0.2, 0.25) is 5.02 Å². The van der Waals surface area contributed by atoms with Crippen molar-refractivity contribution < 1.29 is 18.3 Å². The molecule has 0 spiro atoms. The van der Waals surface area contributed by atoms with Crippen LogP contribution in [0.4, 0.5) is 13.8 Å². The van der Waals surface area contributed by atoms with Gasteiger partial charge in [0.25, 0.3) is 0 Å². The molecular formula is C33H40ClF2N5O2S. The van der Waals surface area contributed by atoms with Crippen LogP contribution in [0.15, 0.2) is 18.2 Å². The fraction of sp³-hybridized carbons (Fsp3) is 0.485. The smallest absolute Gasteiger partial charge is 0.320 e. The van der Waals surface area contributed by atoms with E-state index in [2.05, 4.69) is 14.9 Å². The average Bonchev–Trinajstić information content (AvgIpc) is 3.70. The Labute approximate surface area is 266 Å². The maximum atomic E-state index is 16.1. The van der Waals surface area contributed by atoms with Crippen LogP contribution in [0.5, 0.6) is 11.9 Å². The van der Waals surface area contributed by atoms with Crippen LogP contribution in [0.1, 0.15) is 70.8 Å². The molecule has 2 aliphatic rings. The Morgan fingerprint density at radius 1 is 1.09 bits per heavy atom. The maximum absolute atomic E-state index is 16.1. The second-order valence-electron chi connectivity index (χ2n) is 11.4. The quantitative estimate of drug-likeness (QED) is 0.215. The second-order valence-corrected chi connectivity index (χ2v) is 12.8. The van der Waals surface area contributed by atoms with Gasteiger partial charge in [0, 0.05) is 22.9 Å². The summed E-state index contributed by atoms with van der Waals surface area (Å²) in [5, 5.41) is 10.3. The highest BCUT2D eigenvalue weighted by Crippen LogP contribution is 2.47. The van der Waals surface area contributed by atoms with Crippen LogP contribution in [-0.4, -0.2) is 49.2 Å². The minimum Gasteiger partial charge on any atom is -0.480 e. The number of ether oxygens (including phenoxy) is 2. The first-order valence-corrected chi connectivity index (χ1v) is 16.3. The molecule has 0 radical (unpaired) electrons. The molecule has 2 heterocycles. The van der Waals surface area contributed by atoms with Crippen molar-refractivity contribution in [3.8, 4) is 29.1 Å². The van der Waals surface area contributed by atoms with Crippen LogP contribution in [-0.2, 0) is 0 Å². The molecule has 4 aromatic rings. The van der Waals surface area contributed by atoms with Gasteiger partial charge in [0.15, 0.2) is 5.82 Å². The Morgan fingerprint density at radius 3 is 2.27 bits per heavy atom. The van der Waals surface area contributed by atoms with Crippen molar-refractivity contribution >= 4 is 48.9 Å². The molecule has 2 aromatic carbocycles. The number of fused-ring (bicyclic) bond motifs is 2. The second kappa shape index (κ2) is 14.7. The summed E-state index contributed by atoms with van der Waals surface area (Å²) < 4.78 is 42.1. The van der Waals surface area contributed by atoms with Gasteiger partial charge in [-0.3, -0.25) is 0 Å². The van der Waals surface area contributed by atoms with Gasteiger partial charge in [-0.25, -0.2) is 8.78 Å². The van der Waals surface area contributed by atoms with Crippen molar-refractivity contribution in [2.75, 3.05) is 40.1 Å². The van der Waals surface area contributed by atoms with Crippen molar-refractivity contribution in [1.82, 2.24) is 14.9 Å². The summed E-state index contributed by atoms with van der Waals surface area (Å²) in [5.41, 5.74) is 6.19. The van der Waals surface area contributed by atoms with Gasteiger partial charge in [-0.05, 0) is 44.6 Å². The van der Waals surface area contributed by atoms with E-state index in [1.165, 1.54) is 63.8 Å². The number of thiophene rings is 1. The molecule has 2 saturated carbocycles. The molecule has 0 unspecified atom stereocenters. The summed E-state index contributed by atoms with van der Waals surface area (Å²) in [6.07, 6.45) is 11.0. The lowest BCUT2D eigenvalue weighted by Crippen LogP contribution is -2.28. The molecule has 2 aliphatic carbocycles. The number of benzene rings is 2. The van der Waals surface area contributed by atoms with Gasteiger partial charge in [0.1, 0.15) is 22.4 Å². The number of halogens is 3. The topological polar surface area (TPSA) is 97.3 Å². The van der Waals surface area contributed by atoms with Crippen LogP contribution in [0, 0.1) is 28.4 Å². The van der Waals surface area contributed by atoms with Crippen LogP contribution in [0.3, 0.4) is 0 Å². The lowest BCUT2D eigenvalue weighted by Gasteiger charge is -2.20. The zero-order valence-corrected chi connectivity index (χ0v) is 27.6. The number of nitriles is 1. The Hall–Kier alpha value is -3.26. The number of hydrogen-bond donors (Lipinski definition) is 1. The lowest BCUT2D eigenvalue weighted by atomic mass is 9.97. The first kappa shape index (κ1) is 33.6. The molecule has 2 aromatic heterocycles. The highest BCUT2D eigenvalue weighted by atomic mass is 35.5. The van der Waals surface area contributed by atoms with E-state index in [0.717, 1.165) is 30.7 Å². The predicted molar refractivity (Wildman–Crippen MR) is 176 cm³/mol. The number of anilines is 1. The summed E-state index contributed by atoms with van der Waals surface area (Å²) >= 11 is 7.47. The molecule has 11 heteroatoms. The van der Waals surface area contributed by atoms with Crippen LogP contribution in [0.25, 0.3) is 32.1 Å². The molecule has 6 rings (SSSR count). The third-order valence-electron chi connectivity index (χ3n) is 7.84. The average molecular weight is 644 g/mol. The van der Waals surface area contributed by atoms with E-state index in [-0.39, 0.29) is 65.0 Å². The minimum atomic E-state index is -0.765. The van der Waals surface area contributed by atoms with Crippen LogP contribution < -0.4 is 15.2 Å². The Morgan fingerprint density at radius 2 is 1.73 bits per heavy atom. The number of nitrogen functional groups attached to an aromatic ring is 1. The van der Waals surface area contributed by atoms with Gasteiger partial charge in [-0.1, -0.05) is 70.0 Å². The number of nitrogens with zero attached hydrogens (tertiary/aromatic N) is 4. The van der Waals surface area contributed by atoms with Gasteiger partial charge >= 0.3 is 6.01 Å². The van der Waals surface area contributed by atoms with Gasteiger partial charge < -0.3 is 20.1 Å². The number of hydrogen-bond acceptors (Lipinski definition) is 8. The molecule has 44 heavy (non-hydrogen) atoms. The zero-order chi connectivity index (χ0) is 32.0. The van der Waals surface area contributed by atoms with Crippen molar-refractivity contribution in [1.29, 1.82) is 5.26 Å². The van der Waals surface area contributed by atoms with E-state index in [9.17, 15) is 9.65 Å².